The summed E-state index contributed by atoms with van der Waals surface area (Å²) in [5.74, 6) is 0.0759. The Kier molecular flexibility index (Phi) is 2.63. The molecule has 2 amide bonds. The number of hydrogen-bond acceptors (Lipinski definition) is 2. The fraction of sp³-hybridized carbons (Fsp3) is 0.273. The van der Waals surface area contributed by atoms with Gasteiger partial charge in [-0.3, -0.25) is 9.59 Å². The van der Waals surface area contributed by atoms with Crippen LogP contribution in [0.25, 0.3) is 0 Å². The number of benzene rings is 1. The fourth-order valence-electron chi connectivity index (χ4n) is 1.78. The van der Waals surface area contributed by atoms with Crippen molar-refractivity contribution in [3.8, 4) is 0 Å². The van der Waals surface area contributed by atoms with Gasteiger partial charge in [0.05, 0.1) is 6.42 Å². The Labute approximate surface area is 99.2 Å². The molecule has 1 aromatic rings. The van der Waals surface area contributed by atoms with E-state index < -0.39 is 0 Å². The van der Waals surface area contributed by atoms with Gasteiger partial charge < -0.3 is 9.80 Å². The summed E-state index contributed by atoms with van der Waals surface area (Å²) in [4.78, 5) is 25.6. The second-order valence-electron chi connectivity index (χ2n) is 3.78. The molecule has 1 heterocycles. The first-order valence-electron chi connectivity index (χ1n) is 4.87. The molecule has 0 aromatic heterocycles. The molecule has 16 heavy (non-hydrogen) atoms. The number of carbonyl (C=O) groups excluding carboxylic acids is 2. The summed E-state index contributed by atoms with van der Waals surface area (Å²) in [6.45, 7) is 0. The minimum atomic E-state index is -0.322. The number of carbonyl (C=O) groups is 2. The van der Waals surface area contributed by atoms with E-state index in [4.69, 9.17) is 0 Å². The van der Waals surface area contributed by atoms with Gasteiger partial charge in [0.1, 0.15) is 0 Å². The Morgan fingerprint density at radius 2 is 2.19 bits per heavy atom. The molecule has 0 atom stereocenters. The average Bonchev–Trinajstić information content (AvgIpc) is 2.53. The minimum Gasteiger partial charge on any atom is -0.315 e. The largest absolute Gasteiger partial charge is 0.315 e. The Morgan fingerprint density at radius 3 is 2.81 bits per heavy atom. The number of hydrogen-bond donors (Lipinski definition) is 1. The van der Waals surface area contributed by atoms with Crippen LogP contribution in [0.5, 0.6) is 0 Å². The SMILES string of the molecule is CN(C(=O)S)c1ccc2c(c1)CC(=O)N2C. The van der Waals surface area contributed by atoms with E-state index in [-0.39, 0.29) is 11.1 Å². The third kappa shape index (κ3) is 1.67. The molecule has 1 aliphatic rings. The highest BCUT2D eigenvalue weighted by molar-refractivity contribution is 7.96. The van der Waals surface area contributed by atoms with Crippen molar-refractivity contribution in [1.29, 1.82) is 0 Å². The lowest BCUT2D eigenvalue weighted by atomic mass is 10.1. The van der Waals surface area contributed by atoms with Crippen molar-refractivity contribution in [3.63, 3.8) is 0 Å². The van der Waals surface area contributed by atoms with E-state index in [2.05, 4.69) is 12.6 Å². The second kappa shape index (κ2) is 3.83. The van der Waals surface area contributed by atoms with E-state index in [9.17, 15) is 9.59 Å². The van der Waals surface area contributed by atoms with Crippen LogP contribution in [0.4, 0.5) is 16.2 Å². The van der Waals surface area contributed by atoms with E-state index in [1.54, 1.807) is 19.0 Å². The van der Waals surface area contributed by atoms with Crippen molar-refractivity contribution in [2.24, 2.45) is 0 Å². The number of likely N-dealkylation sites (N-methyl/N-ethyl adjacent to an activating group) is 1. The van der Waals surface area contributed by atoms with Gasteiger partial charge in [-0.1, -0.05) is 12.6 Å². The molecule has 0 bridgehead atoms. The molecule has 5 heteroatoms. The minimum absolute atomic E-state index is 0.0759. The predicted molar refractivity (Wildman–Crippen MR) is 66.3 cm³/mol. The molecule has 0 unspecified atom stereocenters. The zero-order chi connectivity index (χ0) is 11.9. The lowest BCUT2D eigenvalue weighted by molar-refractivity contribution is -0.117. The van der Waals surface area contributed by atoms with Crippen LogP contribution in [-0.2, 0) is 11.2 Å². The number of anilines is 2. The summed E-state index contributed by atoms with van der Waals surface area (Å²) in [7, 11) is 3.40. The smallest absolute Gasteiger partial charge is 0.282 e. The molecule has 0 fully saturated rings. The Hall–Kier alpha value is -1.49. The third-order valence-electron chi connectivity index (χ3n) is 2.81. The number of amides is 2. The van der Waals surface area contributed by atoms with Crippen molar-refractivity contribution >= 4 is 35.1 Å². The number of fused-ring (bicyclic) bond motifs is 1. The number of thiol groups is 1. The van der Waals surface area contributed by atoms with Crippen LogP contribution < -0.4 is 9.80 Å². The summed E-state index contributed by atoms with van der Waals surface area (Å²) < 4.78 is 0. The quantitative estimate of drug-likeness (QED) is 0.754. The van der Waals surface area contributed by atoms with Crippen LogP contribution in [0.2, 0.25) is 0 Å². The highest BCUT2D eigenvalue weighted by Crippen LogP contribution is 2.31. The highest BCUT2D eigenvalue weighted by Gasteiger charge is 2.24. The van der Waals surface area contributed by atoms with Crippen molar-refractivity contribution in [2.45, 2.75) is 6.42 Å². The molecule has 1 aliphatic heterocycles. The van der Waals surface area contributed by atoms with Crippen molar-refractivity contribution in [2.75, 3.05) is 23.9 Å². The van der Waals surface area contributed by atoms with Gasteiger partial charge in [0, 0.05) is 25.5 Å². The molecule has 2 rings (SSSR count). The molecule has 84 valence electrons. The van der Waals surface area contributed by atoms with E-state index in [0.717, 1.165) is 16.9 Å². The summed E-state index contributed by atoms with van der Waals surface area (Å²) in [5, 5.41) is -0.322. The maximum absolute atomic E-state index is 11.5. The molecule has 0 saturated carbocycles. The van der Waals surface area contributed by atoms with Gasteiger partial charge in [-0.25, -0.2) is 0 Å². The zero-order valence-electron chi connectivity index (χ0n) is 9.10. The Bertz CT molecular complexity index is 473. The molecule has 1 aromatic carbocycles. The Morgan fingerprint density at radius 1 is 1.50 bits per heavy atom. The monoisotopic (exact) mass is 236 g/mol. The van der Waals surface area contributed by atoms with Gasteiger partial charge in [0.2, 0.25) is 5.91 Å². The molecular formula is C11H12N2O2S. The van der Waals surface area contributed by atoms with Gasteiger partial charge in [-0.05, 0) is 23.8 Å². The average molecular weight is 236 g/mol. The lowest BCUT2D eigenvalue weighted by Gasteiger charge is -2.16. The van der Waals surface area contributed by atoms with E-state index in [1.165, 1.54) is 4.90 Å². The maximum Gasteiger partial charge on any atom is 0.282 e. The molecule has 0 radical (unpaired) electrons. The first kappa shape index (κ1) is 11.0. The van der Waals surface area contributed by atoms with Crippen molar-refractivity contribution in [1.82, 2.24) is 0 Å². The first-order chi connectivity index (χ1) is 7.50. The van der Waals surface area contributed by atoms with E-state index >= 15 is 0 Å². The van der Waals surface area contributed by atoms with Gasteiger partial charge in [-0.15, -0.1) is 0 Å². The van der Waals surface area contributed by atoms with E-state index in [1.807, 2.05) is 18.2 Å². The first-order valence-corrected chi connectivity index (χ1v) is 5.31. The van der Waals surface area contributed by atoms with Gasteiger partial charge in [-0.2, -0.15) is 0 Å². The molecular weight excluding hydrogens is 224 g/mol. The van der Waals surface area contributed by atoms with Crippen molar-refractivity contribution in [3.05, 3.63) is 23.8 Å². The maximum atomic E-state index is 11.5. The number of nitrogens with zero attached hydrogens (tertiary/aromatic N) is 2. The van der Waals surface area contributed by atoms with Crippen LogP contribution in [-0.4, -0.2) is 25.2 Å². The van der Waals surface area contributed by atoms with Crippen LogP contribution in [0, 0.1) is 0 Å². The second-order valence-corrected chi connectivity index (χ2v) is 4.17. The standard InChI is InChI=1S/C11H12N2O2S/c1-12(11(15)16)8-3-4-9-7(5-8)6-10(14)13(9)2/h3-5H,6H2,1-2H3,(H,15,16). The molecule has 0 N–H and O–H groups in total. The molecule has 0 spiro atoms. The summed E-state index contributed by atoms with van der Waals surface area (Å²) in [6.07, 6.45) is 0.397. The zero-order valence-corrected chi connectivity index (χ0v) is 9.99. The lowest BCUT2D eigenvalue weighted by Crippen LogP contribution is -2.20. The molecule has 0 aliphatic carbocycles. The Balaban J connectivity index is 2.39. The highest BCUT2D eigenvalue weighted by atomic mass is 32.1. The molecule has 0 saturated heterocycles. The van der Waals surface area contributed by atoms with Crippen LogP contribution in [0.3, 0.4) is 0 Å². The third-order valence-corrected chi connectivity index (χ3v) is 3.11. The fourth-order valence-corrected chi connectivity index (χ4v) is 1.89. The van der Waals surface area contributed by atoms with Crippen LogP contribution >= 0.6 is 12.6 Å². The normalized spacial score (nSPS) is 13.9. The summed E-state index contributed by atoms with van der Waals surface area (Å²) in [6, 6.07) is 5.51. The van der Waals surface area contributed by atoms with Gasteiger partial charge in [0.25, 0.3) is 5.24 Å². The summed E-state index contributed by atoms with van der Waals surface area (Å²) in [5.41, 5.74) is 2.61. The van der Waals surface area contributed by atoms with E-state index in [0.29, 0.717) is 6.42 Å². The van der Waals surface area contributed by atoms with Gasteiger partial charge in [0.15, 0.2) is 0 Å². The van der Waals surface area contributed by atoms with Crippen LogP contribution in [0.15, 0.2) is 18.2 Å². The molecule has 4 nitrogen and oxygen atoms in total. The van der Waals surface area contributed by atoms with Crippen LogP contribution in [0.1, 0.15) is 5.56 Å². The topological polar surface area (TPSA) is 40.6 Å². The predicted octanol–water partition coefficient (Wildman–Crippen LogP) is 1.69. The van der Waals surface area contributed by atoms with Gasteiger partial charge >= 0.3 is 0 Å². The summed E-state index contributed by atoms with van der Waals surface area (Å²) >= 11 is 3.75. The van der Waals surface area contributed by atoms with Crippen molar-refractivity contribution < 1.29 is 9.59 Å². The number of rotatable bonds is 1.